The molecule has 10 heteroatoms. The van der Waals surface area contributed by atoms with E-state index in [2.05, 4.69) is 71.0 Å². The van der Waals surface area contributed by atoms with Crippen molar-refractivity contribution in [2.45, 2.75) is 26.3 Å². The molecule has 2 aromatic carbocycles. The Morgan fingerprint density at radius 3 is 2.58 bits per heavy atom. The normalized spacial score (nSPS) is 13.1. The molecule has 1 aliphatic rings. The van der Waals surface area contributed by atoms with Crippen LogP contribution >= 0.6 is 6.04 Å². The van der Waals surface area contributed by atoms with Crippen LogP contribution in [-0.2, 0) is 25.3 Å². The maximum atomic E-state index is 5.84. The first-order valence-corrected chi connectivity index (χ1v) is 16.4. The number of aryl methyl sites for hydroxylation is 1. The number of benzene rings is 2. The Morgan fingerprint density at radius 1 is 1.05 bits per heavy atom. The fraction of sp³-hybridized carbons (Fsp3) is 0.321. The van der Waals surface area contributed by atoms with Gasteiger partial charge in [-0.15, -0.1) is 0 Å². The second-order valence-corrected chi connectivity index (χ2v) is 16.0. The largest absolute Gasteiger partial charge is 0.494 e. The lowest BCUT2D eigenvalue weighted by Gasteiger charge is -2.30. The highest BCUT2D eigenvalue weighted by molar-refractivity contribution is 8.17. The number of hydrogen-bond acceptors (Lipinski definition) is 8. The van der Waals surface area contributed by atoms with E-state index in [1.54, 1.807) is 13.3 Å². The van der Waals surface area contributed by atoms with Crippen molar-refractivity contribution in [3.05, 3.63) is 60.6 Å². The van der Waals surface area contributed by atoms with Gasteiger partial charge in [0.05, 0.1) is 19.0 Å². The molecule has 198 valence electrons. The summed E-state index contributed by atoms with van der Waals surface area (Å²) in [6.45, 7) is 9.62. The Balaban J connectivity index is 1.52. The summed E-state index contributed by atoms with van der Waals surface area (Å²) in [5.41, 5.74) is 6.38. The van der Waals surface area contributed by atoms with Gasteiger partial charge in [-0.1, -0.05) is 30.0 Å². The maximum absolute atomic E-state index is 5.84. The summed E-state index contributed by atoms with van der Waals surface area (Å²) in [6, 6.07) is 13.0. The van der Waals surface area contributed by atoms with Crippen molar-refractivity contribution in [1.82, 2.24) is 19.7 Å². The van der Waals surface area contributed by atoms with Crippen LogP contribution in [0.2, 0.25) is 0 Å². The molecule has 3 heterocycles. The number of fused-ring (bicyclic) bond motifs is 3. The molecule has 0 radical (unpaired) electrons. The average molecular weight is 548 g/mol. The van der Waals surface area contributed by atoms with E-state index in [0.29, 0.717) is 17.8 Å². The standard InChI is InChI=1S/C28H34N7OPS/c1-18(2)35-14-12-23-20(17-30-34(23)3)19-15-22(25(36-4)16-24(19)35)32-28-29-13-11-27(33-28)31-21-9-7-8-10-26(21)37(5,6)38/h7-11,13,15-18H,12,14H2,1-6H3,(H2,29,31,32,33). The van der Waals surface area contributed by atoms with Crippen LogP contribution in [-0.4, -0.2) is 52.8 Å². The molecular weight excluding hydrogens is 513 g/mol. The number of para-hydroxylation sites is 1. The first-order valence-electron chi connectivity index (χ1n) is 12.7. The zero-order valence-electron chi connectivity index (χ0n) is 22.7. The summed E-state index contributed by atoms with van der Waals surface area (Å²) in [4.78, 5) is 11.7. The monoisotopic (exact) mass is 547 g/mol. The first kappa shape index (κ1) is 26.2. The first-order chi connectivity index (χ1) is 18.2. The molecule has 8 nitrogen and oxygen atoms in total. The molecule has 2 aromatic heterocycles. The van der Waals surface area contributed by atoms with Gasteiger partial charge in [0.1, 0.15) is 11.6 Å². The summed E-state index contributed by atoms with van der Waals surface area (Å²) >= 11 is 5.81. The van der Waals surface area contributed by atoms with Gasteiger partial charge in [-0.25, -0.2) is 4.98 Å². The van der Waals surface area contributed by atoms with Gasteiger partial charge in [0.15, 0.2) is 0 Å². The Labute approximate surface area is 229 Å². The number of hydrogen-bond donors (Lipinski definition) is 2. The zero-order chi connectivity index (χ0) is 27.0. The highest BCUT2D eigenvalue weighted by Crippen LogP contribution is 2.44. The summed E-state index contributed by atoms with van der Waals surface area (Å²) in [7, 11) is 3.69. The van der Waals surface area contributed by atoms with E-state index >= 15 is 0 Å². The summed E-state index contributed by atoms with van der Waals surface area (Å²) in [6.07, 6.45) is 4.62. The Morgan fingerprint density at radius 2 is 1.84 bits per heavy atom. The summed E-state index contributed by atoms with van der Waals surface area (Å²) < 4.78 is 7.81. The van der Waals surface area contributed by atoms with E-state index < -0.39 is 6.04 Å². The van der Waals surface area contributed by atoms with Gasteiger partial charge in [0, 0.05) is 71.8 Å². The van der Waals surface area contributed by atoms with Gasteiger partial charge in [-0.3, -0.25) is 4.68 Å². The van der Waals surface area contributed by atoms with Gasteiger partial charge >= 0.3 is 0 Å². The van der Waals surface area contributed by atoms with Crippen LogP contribution in [0.3, 0.4) is 0 Å². The SMILES string of the molecule is COc1cc2c(cc1Nc1nccc(Nc3ccccc3P(C)(C)=S)n1)-c1cnn(C)c1CCN2C(C)C. The van der Waals surface area contributed by atoms with E-state index in [-0.39, 0.29) is 0 Å². The fourth-order valence-electron chi connectivity index (χ4n) is 4.95. The number of anilines is 5. The number of aromatic nitrogens is 4. The molecule has 4 aromatic rings. The minimum absolute atomic E-state index is 0.344. The van der Waals surface area contributed by atoms with E-state index in [0.717, 1.165) is 52.2 Å². The van der Waals surface area contributed by atoms with Gasteiger partial charge in [-0.05, 0) is 51.4 Å². The van der Waals surface area contributed by atoms with Crippen LogP contribution < -0.4 is 25.6 Å². The zero-order valence-corrected chi connectivity index (χ0v) is 24.4. The molecule has 0 aliphatic carbocycles. The Bertz CT molecular complexity index is 1530. The molecule has 0 unspecified atom stereocenters. The van der Waals surface area contributed by atoms with Crippen molar-refractivity contribution >= 4 is 52.0 Å². The molecule has 0 spiro atoms. The molecular formula is C28H34N7OPS. The van der Waals surface area contributed by atoms with Crippen molar-refractivity contribution in [3.63, 3.8) is 0 Å². The molecule has 0 bridgehead atoms. The molecule has 1 aliphatic heterocycles. The van der Waals surface area contributed by atoms with Gasteiger partial charge in [0.25, 0.3) is 0 Å². The highest BCUT2D eigenvalue weighted by Gasteiger charge is 2.26. The molecule has 38 heavy (non-hydrogen) atoms. The fourth-order valence-corrected chi connectivity index (χ4v) is 6.59. The summed E-state index contributed by atoms with van der Waals surface area (Å²) in [5, 5.41) is 12.5. The second-order valence-electron chi connectivity index (χ2n) is 10.1. The van der Waals surface area contributed by atoms with E-state index in [9.17, 15) is 0 Å². The summed E-state index contributed by atoms with van der Waals surface area (Å²) in [5.74, 6) is 1.89. The molecule has 0 saturated heterocycles. The van der Waals surface area contributed by atoms with Crippen LogP contribution in [0.15, 0.2) is 54.9 Å². The number of rotatable bonds is 7. The van der Waals surface area contributed by atoms with Gasteiger partial charge < -0.3 is 20.3 Å². The van der Waals surface area contributed by atoms with E-state index in [1.807, 2.05) is 42.2 Å². The van der Waals surface area contributed by atoms with Crippen LogP contribution in [0.25, 0.3) is 11.1 Å². The number of nitrogens with one attached hydrogen (secondary N) is 2. The minimum atomic E-state index is -1.64. The van der Waals surface area contributed by atoms with Crippen LogP contribution in [0.4, 0.5) is 28.8 Å². The highest BCUT2D eigenvalue weighted by atomic mass is 32.4. The molecule has 2 N–H and O–H groups in total. The quantitative estimate of drug-likeness (QED) is 0.293. The lowest BCUT2D eigenvalue weighted by Crippen LogP contribution is -2.32. The lowest BCUT2D eigenvalue weighted by atomic mass is 10.0. The smallest absolute Gasteiger partial charge is 0.229 e. The predicted molar refractivity (Wildman–Crippen MR) is 162 cm³/mol. The Kier molecular flexibility index (Phi) is 7.16. The lowest BCUT2D eigenvalue weighted by molar-refractivity contribution is 0.416. The van der Waals surface area contributed by atoms with Crippen LogP contribution in [0.5, 0.6) is 5.75 Å². The van der Waals surface area contributed by atoms with Crippen LogP contribution in [0.1, 0.15) is 19.5 Å². The van der Waals surface area contributed by atoms with E-state index in [4.69, 9.17) is 21.5 Å². The Hall–Kier alpha value is -3.42. The molecule has 0 amide bonds. The second kappa shape index (κ2) is 10.4. The third-order valence-corrected chi connectivity index (χ3v) is 8.98. The third-order valence-electron chi connectivity index (χ3n) is 6.84. The number of ether oxygens (including phenoxy) is 1. The van der Waals surface area contributed by atoms with Crippen molar-refractivity contribution in [3.8, 4) is 16.9 Å². The van der Waals surface area contributed by atoms with Crippen molar-refractivity contribution in [2.24, 2.45) is 7.05 Å². The minimum Gasteiger partial charge on any atom is -0.494 e. The van der Waals surface area contributed by atoms with Crippen molar-refractivity contribution < 1.29 is 4.74 Å². The van der Waals surface area contributed by atoms with Crippen molar-refractivity contribution in [1.29, 1.82) is 0 Å². The number of methoxy groups -OCH3 is 1. The molecule has 5 rings (SSSR count). The third kappa shape index (κ3) is 5.13. The van der Waals surface area contributed by atoms with Crippen LogP contribution in [0, 0.1) is 0 Å². The van der Waals surface area contributed by atoms with E-state index in [1.165, 1.54) is 5.69 Å². The topological polar surface area (TPSA) is 80.1 Å². The van der Waals surface area contributed by atoms with Gasteiger partial charge in [0.2, 0.25) is 5.95 Å². The van der Waals surface area contributed by atoms with Gasteiger partial charge in [-0.2, -0.15) is 10.1 Å². The van der Waals surface area contributed by atoms with Crippen molar-refractivity contribution in [2.75, 3.05) is 42.5 Å². The maximum Gasteiger partial charge on any atom is 0.229 e. The molecule has 0 saturated carbocycles. The molecule has 0 atom stereocenters. The number of nitrogens with zero attached hydrogens (tertiary/aromatic N) is 5. The average Bonchev–Trinajstić information content (AvgIpc) is 3.15. The molecule has 0 fully saturated rings. The predicted octanol–water partition coefficient (Wildman–Crippen LogP) is 5.51.